The molecule has 0 spiro atoms. The van der Waals surface area contributed by atoms with Crippen molar-refractivity contribution in [1.29, 1.82) is 0 Å². The Morgan fingerprint density at radius 3 is 2.24 bits per heavy atom. The van der Waals surface area contributed by atoms with Crippen LogP contribution in [0, 0.1) is 6.92 Å². The van der Waals surface area contributed by atoms with Crippen molar-refractivity contribution in [1.82, 2.24) is 4.90 Å². The van der Waals surface area contributed by atoms with Crippen molar-refractivity contribution in [2.24, 2.45) is 0 Å². The van der Waals surface area contributed by atoms with Crippen molar-refractivity contribution >= 4 is 5.91 Å². The summed E-state index contributed by atoms with van der Waals surface area (Å²) in [7, 11) is 3.49. The Balaban J connectivity index is 1.92. The van der Waals surface area contributed by atoms with Gasteiger partial charge in [-0.25, -0.2) is 0 Å². The minimum Gasteiger partial charge on any atom is -0.497 e. The number of aryl methyl sites for hydroxylation is 1. The molecule has 2 rings (SSSR count). The largest absolute Gasteiger partial charge is 0.497 e. The van der Waals surface area contributed by atoms with E-state index in [1.807, 2.05) is 62.5 Å². The van der Waals surface area contributed by atoms with Crippen LogP contribution in [0.1, 0.15) is 21.5 Å². The van der Waals surface area contributed by atoms with Crippen molar-refractivity contribution in [3.8, 4) is 5.75 Å². The number of nitrogens with zero attached hydrogens (tertiary/aromatic N) is 1. The molecular weight excluding hydrogens is 262 g/mol. The lowest BCUT2D eigenvalue weighted by atomic mass is 10.1. The van der Waals surface area contributed by atoms with Crippen molar-refractivity contribution < 1.29 is 9.53 Å². The fourth-order valence-corrected chi connectivity index (χ4v) is 2.11. The van der Waals surface area contributed by atoms with Crippen molar-refractivity contribution in [2.75, 3.05) is 20.7 Å². The zero-order valence-electron chi connectivity index (χ0n) is 12.8. The predicted octanol–water partition coefficient (Wildman–Crippen LogP) is 3.32. The Morgan fingerprint density at radius 1 is 1.05 bits per heavy atom. The molecule has 21 heavy (non-hydrogen) atoms. The van der Waals surface area contributed by atoms with Crippen LogP contribution < -0.4 is 4.74 Å². The zero-order chi connectivity index (χ0) is 15.2. The van der Waals surface area contributed by atoms with E-state index in [-0.39, 0.29) is 5.91 Å². The molecule has 0 saturated carbocycles. The highest BCUT2D eigenvalue weighted by atomic mass is 16.5. The van der Waals surface area contributed by atoms with Crippen LogP contribution in [-0.2, 0) is 6.42 Å². The lowest BCUT2D eigenvalue weighted by Gasteiger charge is -2.17. The molecule has 0 N–H and O–H groups in total. The standard InChI is InChI=1S/C18H21NO2/c1-14-4-8-16(9-5-14)18(20)19(2)13-12-15-6-10-17(21-3)11-7-15/h4-11H,12-13H2,1-3H3. The summed E-state index contributed by atoms with van der Waals surface area (Å²) in [5.74, 6) is 0.909. The van der Waals surface area contributed by atoms with Gasteiger partial charge in [-0.2, -0.15) is 0 Å². The summed E-state index contributed by atoms with van der Waals surface area (Å²) in [4.78, 5) is 14.0. The second kappa shape index (κ2) is 6.93. The normalized spacial score (nSPS) is 10.2. The van der Waals surface area contributed by atoms with Gasteiger partial charge < -0.3 is 9.64 Å². The van der Waals surface area contributed by atoms with Gasteiger partial charge in [0.1, 0.15) is 5.75 Å². The van der Waals surface area contributed by atoms with E-state index in [9.17, 15) is 4.79 Å². The summed E-state index contributed by atoms with van der Waals surface area (Å²) in [6.45, 7) is 2.71. The summed E-state index contributed by atoms with van der Waals surface area (Å²) in [5.41, 5.74) is 3.09. The topological polar surface area (TPSA) is 29.5 Å². The first-order chi connectivity index (χ1) is 10.1. The third-order valence-electron chi connectivity index (χ3n) is 3.54. The smallest absolute Gasteiger partial charge is 0.253 e. The van der Waals surface area contributed by atoms with Crippen molar-refractivity contribution in [3.63, 3.8) is 0 Å². The second-order valence-corrected chi connectivity index (χ2v) is 5.19. The molecule has 0 saturated heterocycles. The Kier molecular flexibility index (Phi) is 4.99. The van der Waals surface area contributed by atoms with Crippen molar-refractivity contribution in [2.45, 2.75) is 13.3 Å². The first kappa shape index (κ1) is 15.1. The van der Waals surface area contributed by atoms with E-state index in [4.69, 9.17) is 4.74 Å². The maximum atomic E-state index is 12.3. The number of hydrogen-bond acceptors (Lipinski definition) is 2. The number of carbonyl (C=O) groups excluding carboxylic acids is 1. The Labute approximate surface area is 126 Å². The minimum atomic E-state index is 0.0588. The molecule has 0 aliphatic carbocycles. The number of methoxy groups -OCH3 is 1. The van der Waals surface area contributed by atoms with E-state index in [2.05, 4.69) is 0 Å². The minimum absolute atomic E-state index is 0.0588. The number of amides is 1. The van der Waals surface area contributed by atoms with Gasteiger partial charge >= 0.3 is 0 Å². The molecule has 0 aliphatic heterocycles. The van der Waals surface area contributed by atoms with Crippen LogP contribution >= 0.6 is 0 Å². The number of hydrogen-bond donors (Lipinski definition) is 0. The molecule has 3 heteroatoms. The first-order valence-electron chi connectivity index (χ1n) is 7.05. The highest BCUT2D eigenvalue weighted by molar-refractivity contribution is 5.94. The number of carbonyl (C=O) groups is 1. The molecule has 3 nitrogen and oxygen atoms in total. The van der Waals surface area contributed by atoms with E-state index in [1.54, 1.807) is 12.0 Å². The number of rotatable bonds is 5. The monoisotopic (exact) mass is 283 g/mol. The van der Waals surface area contributed by atoms with Crippen LogP contribution in [0.3, 0.4) is 0 Å². The summed E-state index contributed by atoms with van der Waals surface area (Å²) < 4.78 is 5.14. The Morgan fingerprint density at radius 2 is 1.67 bits per heavy atom. The zero-order valence-corrected chi connectivity index (χ0v) is 12.8. The van der Waals surface area contributed by atoms with E-state index in [0.717, 1.165) is 23.3 Å². The van der Waals surface area contributed by atoms with Crippen LogP contribution in [0.2, 0.25) is 0 Å². The summed E-state index contributed by atoms with van der Waals surface area (Å²) >= 11 is 0. The van der Waals surface area contributed by atoms with Crippen LogP contribution in [0.5, 0.6) is 5.75 Å². The van der Waals surface area contributed by atoms with Crippen LogP contribution in [0.25, 0.3) is 0 Å². The second-order valence-electron chi connectivity index (χ2n) is 5.19. The molecule has 2 aromatic rings. The third-order valence-corrected chi connectivity index (χ3v) is 3.54. The summed E-state index contributed by atoms with van der Waals surface area (Å²) in [6, 6.07) is 15.6. The lowest BCUT2D eigenvalue weighted by Crippen LogP contribution is -2.28. The third kappa shape index (κ3) is 4.09. The molecule has 1 amide bonds. The molecule has 0 aliphatic rings. The molecule has 0 aromatic heterocycles. The SMILES string of the molecule is COc1ccc(CCN(C)C(=O)c2ccc(C)cc2)cc1. The Hall–Kier alpha value is -2.29. The van der Waals surface area contributed by atoms with Crippen LogP contribution in [-0.4, -0.2) is 31.5 Å². The van der Waals surface area contributed by atoms with Gasteiger partial charge in [-0.3, -0.25) is 4.79 Å². The van der Waals surface area contributed by atoms with E-state index >= 15 is 0 Å². The summed E-state index contributed by atoms with van der Waals surface area (Å²) in [5, 5.41) is 0. The molecule has 2 aromatic carbocycles. The Bertz CT molecular complexity index is 588. The highest BCUT2D eigenvalue weighted by Crippen LogP contribution is 2.12. The fraction of sp³-hybridized carbons (Fsp3) is 0.278. The van der Waals surface area contributed by atoms with E-state index in [1.165, 1.54) is 5.56 Å². The van der Waals surface area contributed by atoms with Gasteiger partial charge in [0, 0.05) is 19.2 Å². The number of ether oxygens (including phenoxy) is 1. The van der Waals surface area contributed by atoms with Gasteiger partial charge in [0.05, 0.1) is 7.11 Å². The molecule has 0 bridgehead atoms. The maximum absolute atomic E-state index is 12.3. The highest BCUT2D eigenvalue weighted by Gasteiger charge is 2.11. The van der Waals surface area contributed by atoms with Gasteiger partial charge in [-0.05, 0) is 43.2 Å². The molecular formula is C18H21NO2. The molecule has 110 valence electrons. The number of benzene rings is 2. The van der Waals surface area contributed by atoms with Gasteiger partial charge in [-0.15, -0.1) is 0 Å². The van der Waals surface area contributed by atoms with E-state index < -0.39 is 0 Å². The first-order valence-corrected chi connectivity index (χ1v) is 7.05. The molecule has 0 atom stereocenters. The van der Waals surface area contributed by atoms with Gasteiger partial charge in [0.25, 0.3) is 5.91 Å². The molecule has 0 radical (unpaired) electrons. The van der Waals surface area contributed by atoms with Crippen molar-refractivity contribution in [3.05, 3.63) is 65.2 Å². The number of likely N-dealkylation sites (N-methyl/N-ethyl adjacent to an activating group) is 1. The average molecular weight is 283 g/mol. The van der Waals surface area contributed by atoms with Gasteiger partial charge in [-0.1, -0.05) is 29.8 Å². The summed E-state index contributed by atoms with van der Waals surface area (Å²) in [6.07, 6.45) is 0.831. The average Bonchev–Trinajstić information content (AvgIpc) is 2.53. The molecule has 0 unspecified atom stereocenters. The lowest BCUT2D eigenvalue weighted by molar-refractivity contribution is 0.0796. The fourth-order valence-electron chi connectivity index (χ4n) is 2.11. The van der Waals surface area contributed by atoms with Crippen LogP contribution in [0.4, 0.5) is 0 Å². The maximum Gasteiger partial charge on any atom is 0.253 e. The predicted molar refractivity (Wildman–Crippen MR) is 84.8 cm³/mol. The quantitative estimate of drug-likeness (QED) is 0.842. The van der Waals surface area contributed by atoms with E-state index in [0.29, 0.717) is 6.54 Å². The van der Waals surface area contributed by atoms with Crippen LogP contribution in [0.15, 0.2) is 48.5 Å². The van der Waals surface area contributed by atoms with Gasteiger partial charge in [0.15, 0.2) is 0 Å². The van der Waals surface area contributed by atoms with Gasteiger partial charge in [0.2, 0.25) is 0 Å². The molecule has 0 heterocycles. The molecule has 0 fully saturated rings.